The topological polar surface area (TPSA) is 87.5 Å². The van der Waals surface area contributed by atoms with Gasteiger partial charge >= 0.3 is 11.9 Å². The molecule has 0 fully saturated rings. The minimum Gasteiger partial charge on any atom is -0.466 e. The summed E-state index contributed by atoms with van der Waals surface area (Å²) in [5.41, 5.74) is 0.636. The van der Waals surface area contributed by atoms with Crippen LogP contribution in [-0.2, 0) is 27.2 Å². The Morgan fingerprint density at radius 3 is 2.80 bits per heavy atom. The van der Waals surface area contributed by atoms with E-state index in [0.29, 0.717) is 17.4 Å². The van der Waals surface area contributed by atoms with Crippen LogP contribution in [0.2, 0.25) is 0 Å². The number of fused-ring (bicyclic) bond motifs is 2. The number of ether oxygens (including phenoxy) is 2. The Balaban J connectivity index is 1.96. The number of benzene rings is 1. The Hall–Kier alpha value is -2.70. The lowest BCUT2D eigenvalue weighted by Crippen LogP contribution is -2.26. The first-order valence-electron chi connectivity index (χ1n) is 8.33. The van der Waals surface area contributed by atoms with Crippen molar-refractivity contribution in [1.82, 2.24) is 9.55 Å². The van der Waals surface area contributed by atoms with Gasteiger partial charge in [0.15, 0.2) is 6.10 Å². The van der Waals surface area contributed by atoms with Crippen molar-refractivity contribution in [1.29, 1.82) is 0 Å². The molecule has 1 aliphatic rings. The molecule has 0 N–H and O–H groups in total. The Morgan fingerprint density at radius 2 is 2.04 bits per heavy atom. The molecule has 0 saturated carbocycles. The van der Waals surface area contributed by atoms with Crippen LogP contribution in [0.1, 0.15) is 42.4 Å². The van der Waals surface area contributed by atoms with Gasteiger partial charge in [0, 0.05) is 13.0 Å². The molecule has 132 valence electrons. The second-order valence-corrected chi connectivity index (χ2v) is 6.10. The lowest BCUT2D eigenvalue weighted by molar-refractivity contribution is -0.149. The number of aryl methyl sites for hydroxylation is 1. The number of methoxy groups -OCH3 is 1. The number of aromatic nitrogens is 2. The smallest absolute Gasteiger partial charge is 0.346 e. The predicted molar refractivity (Wildman–Crippen MR) is 90.5 cm³/mol. The van der Waals surface area contributed by atoms with Crippen LogP contribution in [0, 0.1) is 0 Å². The zero-order chi connectivity index (χ0) is 18.0. The molecule has 0 unspecified atom stereocenters. The van der Waals surface area contributed by atoms with Crippen LogP contribution in [0.5, 0.6) is 0 Å². The van der Waals surface area contributed by atoms with Crippen LogP contribution < -0.4 is 5.56 Å². The summed E-state index contributed by atoms with van der Waals surface area (Å²) in [5, 5.41) is 0.475. The maximum Gasteiger partial charge on any atom is 0.346 e. The van der Waals surface area contributed by atoms with Gasteiger partial charge < -0.3 is 9.47 Å². The number of hydrogen-bond donors (Lipinski definition) is 0. The van der Waals surface area contributed by atoms with Gasteiger partial charge in [0.05, 0.1) is 23.6 Å². The SMILES string of the molecule is COC(=O)[C@H](C)OC(=O)c1ccc2c(=O)n3c(nc2c1)CCCCC3. The summed E-state index contributed by atoms with van der Waals surface area (Å²) in [5.74, 6) is -0.532. The van der Waals surface area contributed by atoms with Crippen molar-refractivity contribution in [2.75, 3.05) is 7.11 Å². The second-order valence-electron chi connectivity index (χ2n) is 6.10. The van der Waals surface area contributed by atoms with E-state index in [1.165, 1.54) is 26.2 Å². The predicted octanol–water partition coefficient (Wildman–Crippen LogP) is 1.84. The fourth-order valence-electron chi connectivity index (χ4n) is 2.99. The molecule has 25 heavy (non-hydrogen) atoms. The van der Waals surface area contributed by atoms with Crippen LogP contribution in [0.3, 0.4) is 0 Å². The van der Waals surface area contributed by atoms with Gasteiger partial charge in [-0.25, -0.2) is 14.6 Å². The number of carbonyl (C=O) groups is 2. The van der Waals surface area contributed by atoms with E-state index >= 15 is 0 Å². The van der Waals surface area contributed by atoms with Crippen molar-refractivity contribution in [3.63, 3.8) is 0 Å². The van der Waals surface area contributed by atoms with Crippen molar-refractivity contribution >= 4 is 22.8 Å². The maximum absolute atomic E-state index is 12.7. The van der Waals surface area contributed by atoms with Crippen molar-refractivity contribution in [2.45, 2.75) is 45.3 Å². The van der Waals surface area contributed by atoms with Gasteiger partial charge in [0.25, 0.3) is 5.56 Å². The number of esters is 2. The van der Waals surface area contributed by atoms with Crippen molar-refractivity contribution in [2.24, 2.45) is 0 Å². The summed E-state index contributed by atoms with van der Waals surface area (Å²) in [4.78, 5) is 40.8. The summed E-state index contributed by atoms with van der Waals surface area (Å²) in [7, 11) is 1.23. The molecule has 0 spiro atoms. The molecule has 1 atom stereocenters. The first kappa shape index (κ1) is 17.1. The zero-order valence-corrected chi connectivity index (χ0v) is 14.3. The summed E-state index contributed by atoms with van der Waals surface area (Å²) in [6.07, 6.45) is 2.78. The van der Waals surface area contributed by atoms with Crippen molar-refractivity contribution < 1.29 is 19.1 Å². The lowest BCUT2D eigenvalue weighted by atomic mass is 10.1. The fraction of sp³-hybridized carbons (Fsp3) is 0.444. The van der Waals surface area contributed by atoms with Gasteiger partial charge in [-0.05, 0) is 38.0 Å². The third-order valence-corrected chi connectivity index (χ3v) is 4.37. The summed E-state index contributed by atoms with van der Waals surface area (Å²) in [6.45, 7) is 2.12. The molecule has 1 aromatic heterocycles. The van der Waals surface area contributed by atoms with Gasteiger partial charge in [-0.3, -0.25) is 9.36 Å². The van der Waals surface area contributed by atoms with E-state index in [1.807, 2.05) is 0 Å². The average Bonchev–Trinajstić information content (AvgIpc) is 2.86. The summed E-state index contributed by atoms with van der Waals surface area (Å²) in [6, 6.07) is 4.64. The Morgan fingerprint density at radius 1 is 1.24 bits per heavy atom. The first-order valence-corrected chi connectivity index (χ1v) is 8.33. The standard InChI is InChI=1S/C18H20N2O5/c1-11(17(22)24-2)25-18(23)12-7-8-13-14(10-12)19-15-6-4-3-5-9-20(15)16(13)21/h7-8,10-11H,3-6,9H2,1-2H3/t11-/m0/s1. The van der Waals surface area contributed by atoms with E-state index in [4.69, 9.17) is 4.74 Å². The molecule has 7 heteroatoms. The number of carbonyl (C=O) groups excluding carboxylic acids is 2. The quantitative estimate of drug-likeness (QED) is 0.790. The van der Waals surface area contributed by atoms with E-state index < -0.39 is 18.0 Å². The Labute approximate surface area is 144 Å². The molecule has 1 aliphatic heterocycles. The molecular formula is C18H20N2O5. The number of hydrogen-bond acceptors (Lipinski definition) is 6. The van der Waals surface area contributed by atoms with Crippen LogP contribution >= 0.6 is 0 Å². The summed E-state index contributed by atoms with van der Waals surface area (Å²) >= 11 is 0. The molecule has 0 radical (unpaired) electrons. The molecule has 2 heterocycles. The number of rotatable bonds is 3. The van der Waals surface area contributed by atoms with E-state index in [0.717, 1.165) is 31.5 Å². The van der Waals surface area contributed by atoms with Crippen molar-refractivity contribution in [3.05, 3.63) is 39.9 Å². The van der Waals surface area contributed by atoms with E-state index in [9.17, 15) is 14.4 Å². The molecule has 2 aromatic rings. The number of nitrogens with zero attached hydrogens (tertiary/aromatic N) is 2. The van der Waals surface area contributed by atoms with Gasteiger partial charge in [-0.2, -0.15) is 0 Å². The minimum atomic E-state index is -1.00. The Bertz CT molecular complexity index is 887. The molecule has 3 rings (SSSR count). The molecule has 0 aliphatic carbocycles. The highest BCUT2D eigenvalue weighted by Crippen LogP contribution is 2.17. The lowest BCUT2D eigenvalue weighted by Gasteiger charge is -2.12. The van der Waals surface area contributed by atoms with Crippen LogP contribution in [0.25, 0.3) is 10.9 Å². The second kappa shape index (κ2) is 7.04. The largest absolute Gasteiger partial charge is 0.466 e. The highest BCUT2D eigenvalue weighted by atomic mass is 16.6. The Kier molecular flexibility index (Phi) is 4.83. The third-order valence-electron chi connectivity index (χ3n) is 4.37. The zero-order valence-electron chi connectivity index (χ0n) is 14.3. The molecular weight excluding hydrogens is 324 g/mol. The van der Waals surface area contributed by atoms with Gasteiger partial charge in [-0.15, -0.1) is 0 Å². The highest BCUT2D eigenvalue weighted by Gasteiger charge is 2.20. The van der Waals surface area contributed by atoms with Crippen LogP contribution in [0.15, 0.2) is 23.0 Å². The normalized spacial score (nSPS) is 15.1. The fourth-order valence-corrected chi connectivity index (χ4v) is 2.99. The molecule has 1 aromatic carbocycles. The third kappa shape index (κ3) is 3.40. The van der Waals surface area contributed by atoms with Crippen LogP contribution in [0.4, 0.5) is 0 Å². The van der Waals surface area contributed by atoms with Crippen molar-refractivity contribution in [3.8, 4) is 0 Å². The molecule has 0 amide bonds. The van der Waals surface area contributed by atoms with Gasteiger partial charge in [-0.1, -0.05) is 6.42 Å². The average molecular weight is 344 g/mol. The minimum absolute atomic E-state index is 0.0789. The van der Waals surface area contributed by atoms with E-state index in [2.05, 4.69) is 9.72 Å². The molecule has 7 nitrogen and oxygen atoms in total. The molecule has 0 saturated heterocycles. The van der Waals surface area contributed by atoms with E-state index in [-0.39, 0.29) is 11.1 Å². The monoisotopic (exact) mass is 344 g/mol. The molecule has 0 bridgehead atoms. The van der Waals surface area contributed by atoms with E-state index in [1.54, 1.807) is 10.6 Å². The highest BCUT2D eigenvalue weighted by molar-refractivity contribution is 5.95. The van der Waals surface area contributed by atoms with Gasteiger partial charge in [0.1, 0.15) is 5.82 Å². The van der Waals surface area contributed by atoms with Crippen LogP contribution in [-0.4, -0.2) is 34.7 Å². The first-order chi connectivity index (χ1) is 12.0. The maximum atomic E-state index is 12.7. The van der Waals surface area contributed by atoms with Gasteiger partial charge in [0.2, 0.25) is 0 Å². The summed E-state index contributed by atoms with van der Waals surface area (Å²) < 4.78 is 11.3.